The van der Waals surface area contributed by atoms with Crippen LogP contribution in [0.25, 0.3) is 10.2 Å². The Morgan fingerprint density at radius 3 is 2.75 bits per heavy atom. The van der Waals surface area contributed by atoms with Gasteiger partial charge in [-0.25, -0.2) is 14.2 Å². The van der Waals surface area contributed by atoms with E-state index in [0.29, 0.717) is 16.6 Å². The van der Waals surface area contributed by atoms with Gasteiger partial charge in [-0.1, -0.05) is 6.92 Å². The summed E-state index contributed by atoms with van der Waals surface area (Å²) in [5, 5.41) is 0.426. The summed E-state index contributed by atoms with van der Waals surface area (Å²) in [5.74, 6) is -0.561. The molecule has 2 aromatic rings. The maximum atomic E-state index is 12.4. The molecule has 0 saturated carbocycles. The maximum Gasteiger partial charge on any atom is 0.330 e. The molecule has 7 heteroatoms. The van der Waals surface area contributed by atoms with Gasteiger partial charge in [-0.3, -0.25) is 9.78 Å². The molecule has 0 aliphatic carbocycles. The van der Waals surface area contributed by atoms with Gasteiger partial charge in [-0.2, -0.15) is 0 Å². The number of nitrogens with zero attached hydrogens (tertiary/aromatic N) is 1. The number of rotatable bonds is 4. The molecule has 20 heavy (non-hydrogen) atoms. The quantitative estimate of drug-likeness (QED) is 0.868. The van der Waals surface area contributed by atoms with E-state index in [9.17, 15) is 14.4 Å². The number of hydrogen-bond donors (Lipinski definition) is 1. The third kappa shape index (κ3) is 2.40. The van der Waals surface area contributed by atoms with E-state index in [2.05, 4.69) is 4.98 Å². The number of nitrogens with one attached hydrogen (secondary N) is 1. The van der Waals surface area contributed by atoms with Crippen LogP contribution in [0.1, 0.15) is 31.2 Å². The molecule has 2 aromatic heterocycles. The van der Waals surface area contributed by atoms with E-state index in [4.69, 9.17) is 4.74 Å². The van der Waals surface area contributed by atoms with Gasteiger partial charge in [0, 0.05) is 4.88 Å². The van der Waals surface area contributed by atoms with Gasteiger partial charge < -0.3 is 4.74 Å². The first-order valence-corrected chi connectivity index (χ1v) is 7.22. The predicted molar refractivity (Wildman–Crippen MR) is 77.4 cm³/mol. The predicted octanol–water partition coefficient (Wildman–Crippen LogP) is 1.57. The number of thiophene rings is 1. The molecule has 0 aliphatic rings. The smallest absolute Gasteiger partial charge is 0.330 e. The van der Waals surface area contributed by atoms with Crippen molar-refractivity contribution in [3.8, 4) is 0 Å². The second-order valence-corrected chi connectivity index (χ2v) is 5.64. The standard InChI is InChI=1S/C13H16N2O4S/c1-4-9(12(17)19-5-2)15-11(16)8-6-7(3)20-10(8)14-13(15)18/h6,9H,4-5H2,1-3H3,(H,14,18). The van der Waals surface area contributed by atoms with Crippen molar-refractivity contribution in [3.05, 3.63) is 31.8 Å². The van der Waals surface area contributed by atoms with Crippen LogP contribution in [0, 0.1) is 6.92 Å². The minimum absolute atomic E-state index is 0.210. The molecule has 0 aliphatic heterocycles. The molecular formula is C13H16N2O4S. The number of carbonyl (C=O) groups is 1. The molecule has 0 spiro atoms. The van der Waals surface area contributed by atoms with E-state index >= 15 is 0 Å². The summed E-state index contributed by atoms with van der Waals surface area (Å²) in [5.41, 5.74) is -1.03. The van der Waals surface area contributed by atoms with Crippen molar-refractivity contribution in [2.45, 2.75) is 33.2 Å². The van der Waals surface area contributed by atoms with E-state index in [1.807, 2.05) is 6.92 Å². The Balaban J connectivity index is 2.66. The van der Waals surface area contributed by atoms with Crippen LogP contribution in [-0.2, 0) is 9.53 Å². The minimum Gasteiger partial charge on any atom is -0.464 e. The van der Waals surface area contributed by atoms with Crippen molar-refractivity contribution >= 4 is 27.5 Å². The fourth-order valence-corrected chi connectivity index (χ4v) is 3.01. The van der Waals surface area contributed by atoms with Crippen LogP contribution in [0.3, 0.4) is 0 Å². The van der Waals surface area contributed by atoms with E-state index in [1.54, 1.807) is 19.9 Å². The van der Waals surface area contributed by atoms with Gasteiger partial charge in [0.2, 0.25) is 0 Å². The first-order valence-electron chi connectivity index (χ1n) is 6.41. The highest BCUT2D eigenvalue weighted by atomic mass is 32.1. The zero-order valence-corrected chi connectivity index (χ0v) is 12.4. The second-order valence-electron chi connectivity index (χ2n) is 4.38. The summed E-state index contributed by atoms with van der Waals surface area (Å²) < 4.78 is 5.88. The van der Waals surface area contributed by atoms with Gasteiger partial charge in [0.25, 0.3) is 5.56 Å². The van der Waals surface area contributed by atoms with Crippen LogP contribution < -0.4 is 11.2 Å². The fraction of sp³-hybridized carbons (Fsp3) is 0.462. The number of aromatic amines is 1. The summed E-state index contributed by atoms with van der Waals surface area (Å²) in [4.78, 5) is 40.5. The third-order valence-corrected chi connectivity index (χ3v) is 3.97. The Morgan fingerprint density at radius 1 is 1.45 bits per heavy atom. The molecule has 0 aromatic carbocycles. The molecule has 1 N–H and O–H groups in total. The SMILES string of the molecule is CCOC(=O)C(CC)n1c(=O)[nH]c2sc(C)cc2c1=O. The van der Waals surface area contributed by atoms with Gasteiger partial charge in [-0.05, 0) is 26.3 Å². The molecule has 0 bridgehead atoms. The van der Waals surface area contributed by atoms with Crippen molar-refractivity contribution < 1.29 is 9.53 Å². The molecule has 108 valence electrons. The van der Waals surface area contributed by atoms with Crippen LogP contribution in [0.15, 0.2) is 15.7 Å². The largest absolute Gasteiger partial charge is 0.464 e. The number of H-pyrrole nitrogens is 1. The van der Waals surface area contributed by atoms with Crippen molar-refractivity contribution in [3.63, 3.8) is 0 Å². The fourth-order valence-electron chi connectivity index (χ4n) is 2.12. The molecule has 0 amide bonds. The highest BCUT2D eigenvalue weighted by Gasteiger charge is 2.24. The molecule has 6 nitrogen and oxygen atoms in total. The average molecular weight is 296 g/mol. The molecule has 0 fully saturated rings. The van der Waals surface area contributed by atoms with Crippen LogP contribution in [-0.4, -0.2) is 22.1 Å². The molecule has 2 rings (SSSR count). The Labute approximate surface area is 119 Å². The molecule has 1 atom stereocenters. The first kappa shape index (κ1) is 14.5. The van der Waals surface area contributed by atoms with Gasteiger partial charge in [-0.15, -0.1) is 11.3 Å². The van der Waals surface area contributed by atoms with Gasteiger partial charge in [0.05, 0.1) is 12.0 Å². The van der Waals surface area contributed by atoms with Crippen LogP contribution >= 0.6 is 11.3 Å². The lowest BCUT2D eigenvalue weighted by atomic mass is 10.2. The van der Waals surface area contributed by atoms with Crippen molar-refractivity contribution in [2.24, 2.45) is 0 Å². The van der Waals surface area contributed by atoms with Crippen LogP contribution in [0.4, 0.5) is 0 Å². The topological polar surface area (TPSA) is 81.2 Å². The summed E-state index contributed by atoms with van der Waals surface area (Å²) in [6.07, 6.45) is 0.316. The van der Waals surface area contributed by atoms with E-state index in [-0.39, 0.29) is 6.61 Å². The van der Waals surface area contributed by atoms with Gasteiger partial charge >= 0.3 is 11.7 Å². The third-order valence-electron chi connectivity index (χ3n) is 3.00. The summed E-state index contributed by atoms with van der Waals surface area (Å²) >= 11 is 1.34. The van der Waals surface area contributed by atoms with Crippen LogP contribution in [0.5, 0.6) is 0 Å². The monoisotopic (exact) mass is 296 g/mol. The van der Waals surface area contributed by atoms with E-state index in [0.717, 1.165) is 9.44 Å². The number of aryl methyl sites for hydroxylation is 1. The Kier molecular flexibility index (Phi) is 4.08. The first-order chi connectivity index (χ1) is 9.49. The Hall–Kier alpha value is -1.89. The normalized spacial score (nSPS) is 12.6. The minimum atomic E-state index is -0.893. The number of aromatic nitrogens is 2. The highest BCUT2D eigenvalue weighted by molar-refractivity contribution is 7.18. The second kappa shape index (κ2) is 5.62. The number of carbonyl (C=O) groups excluding carboxylic acids is 1. The molecular weight excluding hydrogens is 280 g/mol. The van der Waals surface area contributed by atoms with Gasteiger partial charge in [0.1, 0.15) is 10.9 Å². The summed E-state index contributed by atoms with van der Waals surface area (Å²) in [6.45, 7) is 5.48. The van der Waals surface area contributed by atoms with E-state index in [1.165, 1.54) is 11.3 Å². The summed E-state index contributed by atoms with van der Waals surface area (Å²) in [7, 11) is 0. The number of ether oxygens (including phenoxy) is 1. The van der Waals surface area contributed by atoms with Crippen LogP contribution in [0.2, 0.25) is 0 Å². The van der Waals surface area contributed by atoms with Crippen molar-refractivity contribution in [1.29, 1.82) is 0 Å². The average Bonchev–Trinajstić information content (AvgIpc) is 2.75. The lowest BCUT2D eigenvalue weighted by Gasteiger charge is -2.15. The molecule has 0 radical (unpaired) electrons. The summed E-state index contributed by atoms with van der Waals surface area (Å²) in [6, 6.07) is 0.822. The lowest BCUT2D eigenvalue weighted by molar-refractivity contribution is -0.147. The highest BCUT2D eigenvalue weighted by Crippen LogP contribution is 2.19. The number of fused-ring (bicyclic) bond motifs is 1. The molecule has 0 saturated heterocycles. The zero-order chi connectivity index (χ0) is 14.9. The maximum absolute atomic E-state index is 12.4. The zero-order valence-electron chi connectivity index (χ0n) is 11.6. The number of esters is 1. The number of hydrogen-bond acceptors (Lipinski definition) is 5. The van der Waals surface area contributed by atoms with E-state index < -0.39 is 23.3 Å². The molecule has 2 heterocycles. The van der Waals surface area contributed by atoms with Gasteiger partial charge in [0.15, 0.2) is 0 Å². The Bertz CT molecular complexity index is 756. The lowest BCUT2D eigenvalue weighted by Crippen LogP contribution is -2.41. The van der Waals surface area contributed by atoms with Crippen molar-refractivity contribution in [2.75, 3.05) is 6.61 Å². The Morgan fingerprint density at radius 2 is 2.15 bits per heavy atom. The molecule has 1 unspecified atom stereocenters. The van der Waals surface area contributed by atoms with Crippen molar-refractivity contribution in [1.82, 2.24) is 9.55 Å².